The van der Waals surface area contributed by atoms with E-state index >= 15 is 0 Å². The molecule has 1 spiro atoms. The molecule has 2 aliphatic heterocycles. The van der Waals surface area contributed by atoms with Gasteiger partial charge in [0.25, 0.3) is 0 Å². The van der Waals surface area contributed by atoms with Crippen molar-refractivity contribution in [1.82, 2.24) is 0 Å². The molecule has 0 aliphatic carbocycles. The van der Waals surface area contributed by atoms with E-state index < -0.39 is 45.6 Å². The third-order valence-electron chi connectivity index (χ3n) is 6.72. The summed E-state index contributed by atoms with van der Waals surface area (Å²) in [6.45, 7) is 36.8. The molecule has 0 aromatic heterocycles. The predicted molar refractivity (Wildman–Crippen MR) is 150 cm³/mol. The Morgan fingerprint density at radius 2 is 0.793 bits per heavy atom. The van der Waals surface area contributed by atoms with Crippen molar-refractivity contribution in [2.45, 2.75) is 105 Å². The topological polar surface area (TPSA) is 0 Å². The van der Waals surface area contributed by atoms with E-state index in [9.17, 15) is 0 Å². The Morgan fingerprint density at radius 3 is 0.966 bits per heavy atom. The van der Waals surface area contributed by atoms with E-state index in [-0.39, 0.29) is 0 Å². The van der Waals surface area contributed by atoms with E-state index in [4.69, 9.17) is 0 Å². The molecule has 2 heterocycles. The Kier molecular flexibility index (Phi) is 6.85. The molecule has 0 N–H and O–H groups in total. The fraction of sp³-hybridized carbons (Fsp3) is 0.667. The maximum atomic E-state index is 2.83. The summed E-state index contributed by atoms with van der Waals surface area (Å²) in [5, 5.41) is 0. The van der Waals surface area contributed by atoms with E-state index in [2.05, 4.69) is 113 Å². The first-order valence-electron chi connectivity index (χ1n) is 11.8. The van der Waals surface area contributed by atoms with Gasteiger partial charge in [0.1, 0.15) is 0 Å². The van der Waals surface area contributed by atoms with Gasteiger partial charge in [0.2, 0.25) is 0 Å². The molecule has 29 heavy (non-hydrogen) atoms. The first kappa shape index (κ1) is 25.6. The third-order valence-corrected chi connectivity index (χ3v) is 49.0. The summed E-state index contributed by atoms with van der Waals surface area (Å²) < 4.78 is 8.27. The second-order valence-electron chi connectivity index (χ2n) is 13.4. The molecule has 0 fully saturated rings. The molecule has 0 amide bonds. The molecular weight excluding hydrogens is 473 g/mol. The SMILES string of the molecule is CCC1=[C]([Si](C)(C)C)[Ge]2([C]([Si](C)(C)C)=C1)[C]([Si](C)(C)C)=CC(CC)=[C]2[Si](C)(C)C. The molecule has 0 radical (unpaired) electrons. The molecule has 0 atom stereocenters. The predicted octanol–water partition coefficient (Wildman–Crippen LogP) is 8.39. The van der Waals surface area contributed by atoms with Crippen molar-refractivity contribution >= 4 is 45.6 Å². The normalized spacial score (nSPS) is 20.8. The molecule has 0 saturated heterocycles. The Morgan fingerprint density at radius 1 is 0.517 bits per heavy atom. The molecule has 0 bridgehead atoms. The van der Waals surface area contributed by atoms with Crippen LogP contribution in [0.25, 0.3) is 0 Å². The Bertz CT molecular complexity index is 743. The van der Waals surface area contributed by atoms with Crippen LogP contribution in [-0.2, 0) is 0 Å². The van der Waals surface area contributed by atoms with Crippen LogP contribution < -0.4 is 0 Å². The monoisotopic (exact) mass is 522 g/mol. The van der Waals surface area contributed by atoms with Crippen molar-refractivity contribution in [1.29, 1.82) is 0 Å². The van der Waals surface area contributed by atoms with Gasteiger partial charge < -0.3 is 0 Å². The molecule has 0 aromatic carbocycles. The molecule has 164 valence electrons. The molecule has 0 unspecified atom stereocenters. The average molecular weight is 522 g/mol. The first-order chi connectivity index (χ1) is 12.8. The third kappa shape index (κ3) is 4.22. The fourth-order valence-corrected chi connectivity index (χ4v) is 62.8. The molecule has 2 aliphatic rings. The van der Waals surface area contributed by atoms with Gasteiger partial charge in [-0.05, 0) is 0 Å². The Labute approximate surface area is 189 Å². The van der Waals surface area contributed by atoms with Gasteiger partial charge in [-0.3, -0.25) is 0 Å². The second kappa shape index (κ2) is 7.75. The van der Waals surface area contributed by atoms with E-state index in [0.717, 1.165) is 0 Å². The minimum atomic E-state index is -2.72. The van der Waals surface area contributed by atoms with Gasteiger partial charge in [-0.2, -0.15) is 0 Å². The van der Waals surface area contributed by atoms with Crippen molar-refractivity contribution in [3.05, 3.63) is 39.4 Å². The Balaban J connectivity index is 3.17. The summed E-state index contributed by atoms with van der Waals surface area (Å²) in [5.74, 6) is 0. The van der Waals surface area contributed by atoms with Crippen LogP contribution in [0, 0.1) is 0 Å². The molecule has 0 saturated carbocycles. The number of hydrogen-bond donors (Lipinski definition) is 0. The van der Waals surface area contributed by atoms with Gasteiger partial charge >= 0.3 is 190 Å². The van der Waals surface area contributed by atoms with Gasteiger partial charge in [-0.15, -0.1) is 0 Å². The van der Waals surface area contributed by atoms with Crippen LogP contribution in [0.2, 0.25) is 78.6 Å². The van der Waals surface area contributed by atoms with Crippen LogP contribution in [0.5, 0.6) is 0 Å². The van der Waals surface area contributed by atoms with Crippen molar-refractivity contribution < 1.29 is 0 Å². The summed E-state index contributed by atoms with van der Waals surface area (Å²) in [5.41, 5.74) is 3.58. The number of rotatable bonds is 6. The van der Waals surface area contributed by atoms with Crippen LogP contribution in [0.3, 0.4) is 0 Å². The van der Waals surface area contributed by atoms with Crippen LogP contribution in [0.1, 0.15) is 26.7 Å². The molecule has 0 aromatic rings. The van der Waals surface area contributed by atoms with Crippen molar-refractivity contribution in [3.8, 4) is 0 Å². The van der Waals surface area contributed by atoms with Gasteiger partial charge in [-0.1, -0.05) is 0 Å². The molecule has 2 rings (SSSR count). The molecule has 0 nitrogen and oxygen atoms in total. The quantitative estimate of drug-likeness (QED) is 0.308. The second-order valence-corrected chi connectivity index (χ2v) is 45.2. The summed E-state index contributed by atoms with van der Waals surface area (Å²) in [6, 6.07) is 0. The van der Waals surface area contributed by atoms with Crippen LogP contribution >= 0.6 is 0 Å². The van der Waals surface area contributed by atoms with Crippen LogP contribution in [0.15, 0.2) is 39.4 Å². The van der Waals surface area contributed by atoms with E-state index in [1.807, 2.05) is 8.06 Å². The molecule has 5 heteroatoms. The zero-order valence-electron chi connectivity index (χ0n) is 22.1. The fourth-order valence-electron chi connectivity index (χ4n) is 6.20. The van der Waals surface area contributed by atoms with Crippen LogP contribution in [0.4, 0.5) is 0 Å². The summed E-state index contributed by atoms with van der Waals surface area (Å²) >= 11 is -2.72. The first-order valence-corrected chi connectivity index (χ1v) is 30.0. The average Bonchev–Trinajstić information content (AvgIpc) is 3.01. The number of allylic oxidation sites excluding steroid dienone is 4. The van der Waals surface area contributed by atoms with Gasteiger partial charge in [0.15, 0.2) is 0 Å². The van der Waals surface area contributed by atoms with Crippen molar-refractivity contribution in [2.75, 3.05) is 0 Å². The van der Waals surface area contributed by atoms with Crippen LogP contribution in [-0.4, -0.2) is 45.6 Å². The zero-order chi connectivity index (χ0) is 22.8. The van der Waals surface area contributed by atoms with E-state index in [1.54, 1.807) is 11.1 Å². The summed E-state index contributed by atoms with van der Waals surface area (Å²) in [7, 11) is -5.75. The Hall–Kier alpha value is 0.370. The summed E-state index contributed by atoms with van der Waals surface area (Å²) in [6.07, 6.45) is 8.12. The summed E-state index contributed by atoms with van der Waals surface area (Å²) in [4.78, 5) is 0. The van der Waals surface area contributed by atoms with Gasteiger partial charge in [-0.25, -0.2) is 0 Å². The van der Waals surface area contributed by atoms with Crippen molar-refractivity contribution in [3.63, 3.8) is 0 Å². The van der Waals surface area contributed by atoms with Gasteiger partial charge in [0.05, 0.1) is 0 Å². The van der Waals surface area contributed by atoms with Crippen molar-refractivity contribution in [2.24, 2.45) is 0 Å². The van der Waals surface area contributed by atoms with E-state index in [1.165, 1.54) is 12.8 Å². The zero-order valence-corrected chi connectivity index (χ0v) is 28.2. The number of hydrogen-bond acceptors (Lipinski definition) is 0. The maximum absolute atomic E-state index is 2.83. The standard InChI is InChI=1S/C24H48GeSi4/c1-15-19-17-21(26(3,4)5)25(23(19)28(9,10)11)22(27(6,7)8)18-20(16-2)24(25)29(12,13)14/h17-18H,15-16H2,1-14H3. The van der Waals surface area contributed by atoms with Gasteiger partial charge in [0, 0.05) is 0 Å². The van der Waals surface area contributed by atoms with E-state index in [0.29, 0.717) is 0 Å². The molecular formula is C24H48GeSi4. The minimum absolute atomic E-state index is 1.24.